The van der Waals surface area contributed by atoms with Crippen molar-refractivity contribution in [2.75, 3.05) is 6.54 Å². The topological polar surface area (TPSA) is 12.0 Å². The Morgan fingerprint density at radius 2 is 2.00 bits per heavy atom. The molecule has 1 atom stereocenters. The monoisotopic (exact) mass is 383 g/mol. The maximum Gasteiger partial charge on any atom is 0.0776 e. The third-order valence-corrected chi connectivity index (χ3v) is 7.39. The molecular weight excluding hydrogens is 362 g/mol. The molecule has 0 radical (unpaired) electrons. The van der Waals surface area contributed by atoms with E-state index in [0.29, 0.717) is 6.04 Å². The maximum atomic E-state index is 3.74. The minimum absolute atomic E-state index is 0.347. The number of halogens is 1. The Balaban J connectivity index is 1.96. The van der Waals surface area contributed by atoms with E-state index in [4.69, 9.17) is 0 Å². The average Bonchev–Trinajstić information content (AvgIpc) is 2.92. The van der Waals surface area contributed by atoms with Crippen LogP contribution in [-0.2, 0) is 12.8 Å². The predicted molar refractivity (Wildman–Crippen MR) is 97.9 cm³/mol. The van der Waals surface area contributed by atoms with Crippen LogP contribution in [0.4, 0.5) is 0 Å². The smallest absolute Gasteiger partial charge is 0.0776 e. The molecule has 1 N–H and O–H groups in total. The summed E-state index contributed by atoms with van der Waals surface area (Å²) in [5.41, 5.74) is 1.61. The van der Waals surface area contributed by atoms with Gasteiger partial charge in [0.2, 0.25) is 0 Å². The minimum Gasteiger partial charge on any atom is -0.305 e. The van der Waals surface area contributed by atoms with Crippen LogP contribution in [0.3, 0.4) is 0 Å². The summed E-state index contributed by atoms with van der Waals surface area (Å²) in [5.74, 6) is 0. The zero-order valence-corrected chi connectivity index (χ0v) is 15.9. The highest BCUT2D eigenvalue weighted by atomic mass is 79.9. The quantitative estimate of drug-likeness (QED) is 0.652. The molecule has 1 aliphatic carbocycles. The molecule has 1 unspecified atom stereocenters. The first-order chi connectivity index (χ1) is 10.2. The first-order valence-electron chi connectivity index (χ1n) is 7.79. The van der Waals surface area contributed by atoms with Crippen LogP contribution in [-0.4, -0.2) is 6.54 Å². The molecule has 0 saturated carbocycles. The summed E-state index contributed by atoms with van der Waals surface area (Å²) in [7, 11) is 0. The van der Waals surface area contributed by atoms with E-state index in [0.717, 1.165) is 6.54 Å². The van der Waals surface area contributed by atoms with Gasteiger partial charge < -0.3 is 5.32 Å². The van der Waals surface area contributed by atoms with Crippen LogP contribution in [0.1, 0.15) is 57.3 Å². The molecule has 2 heterocycles. The number of rotatable bonds is 4. The van der Waals surface area contributed by atoms with E-state index in [1.807, 2.05) is 22.7 Å². The summed E-state index contributed by atoms with van der Waals surface area (Å²) in [4.78, 5) is 5.92. The van der Waals surface area contributed by atoms with E-state index in [-0.39, 0.29) is 0 Å². The molecule has 21 heavy (non-hydrogen) atoms. The van der Waals surface area contributed by atoms with Crippen molar-refractivity contribution in [3.63, 3.8) is 0 Å². The van der Waals surface area contributed by atoms with Crippen LogP contribution in [0.25, 0.3) is 0 Å². The van der Waals surface area contributed by atoms with Gasteiger partial charge in [-0.1, -0.05) is 13.3 Å². The lowest BCUT2D eigenvalue weighted by Gasteiger charge is -2.15. The second-order valence-electron chi connectivity index (χ2n) is 5.72. The molecule has 0 bridgehead atoms. The molecule has 0 aromatic carbocycles. The molecule has 3 rings (SSSR count). The summed E-state index contributed by atoms with van der Waals surface area (Å²) in [6.45, 7) is 5.38. The van der Waals surface area contributed by atoms with E-state index in [1.54, 1.807) is 10.4 Å². The van der Waals surface area contributed by atoms with E-state index < -0.39 is 0 Å². The molecule has 1 aliphatic rings. The summed E-state index contributed by atoms with van der Waals surface area (Å²) in [6.07, 6.45) is 6.67. The molecule has 0 aliphatic heterocycles. The largest absolute Gasteiger partial charge is 0.305 e. The Hall–Kier alpha value is -0.160. The van der Waals surface area contributed by atoms with Crippen LogP contribution in [0.2, 0.25) is 0 Å². The molecule has 0 amide bonds. The summed E-state index contributed by atoms with van der Waals surface area (Å²) in [6, 6.07) is 5.06. The fourth-order valence-electron chi connectivity index (χ4n) is 3.06. The lowest BCUT2D eigenvalue weighted by Crippen LogP contribution is -2.20. The number of thiophene rings is 2. The van der Waals surface area contributed by atoms with Crippen molar-refractivity contribution in [1.29, 1.82) is 0 Å². The van der Waals surface area contributed by atoms with Crippen molar-refractivity contribution in [3.8, 4) is 0 Å². The lowest BCUT2D eigenvalue weighted by atomic mass is 10.1. The number of hydrogen-bond donors (Lipinski definition) is 1. The van der Waals surface area contributed by atoms with Gasteiger partial charge in [-0.3, -0.25) is 0 Å². The number of hydrogen-bond acceptors (Lipinski definition) is 3. The first-order valence-corrected chi connectivity index (χ1v) is 10.2. The van der Waals surface area contributed by atoms with Gasteiger partial charge in [0.15, 0.2) is 0 Å². The van der Waals surface area contributed by atoms with Crippen molar-refractivity contribution in [3.05, 3.63) is 41.7 Å². The Morgan fingerprint density at radius 1 is 1.19 bits per heavy atom. The molecule has 0 fully saturated rings. The fraction of sp³-hybridized carbons (Fsp3) is 0.529. The van der Waals surface area contributed by atoms with Crippen LogP contribution < -0.4 is 5.32 Å². The van der Waals surface area contributed by atoms with Gasteiger partial charge in [0.25, 0.3) is 0 Å². The van der Waals surface area contributed by atoms with Crippen molar-refractivity contribution in [2.24, 2.45) is 0 Å². The first kappa shape index (κ1) is 15.7. The Kier molecular flexibility index (Phi) is 5.20. The highest BCUT2D eigenvalue weighted by molar-refractivity contribution is 9.10. The van der Waals surface area contributed by atoms with Crippen LogP contribution in [0.5, 0.6) is 0 Å². The van der Waals surface area contributed by atoms with E-state index in [9.17, 15) is 0 Å². The molecular formula is C17H22BrNS2. The molecule has 114 valence electrons. The van der Waals surface area contributed by atoms with Crippen LogP contribution in [0, 0.1) is 6.92 Å². The minimum atomic E-state index is 0.347. The third kappa shape index (κ3) is 3.44. The van der Waals surface area contributed by atoms with Gasteiger partial charge >= 0.3 is 0 Å². The average molecular weight is 384 g/mol. The van der Waals surface area contributed by atoms with Crippen LogP contribution >= 0.6 is 38.6 Å². The molecule has 0 spiro atoms. The van der Waals surface area contributed by atoms with Crippen molar-refractivity contribution >= 4 is 38.6 Å². The van der Waals surface area contributed by atoms with Gasteiger partial charge in [-0.15, -0.1) is 22.7 Å². The summed E-state index contributed by atoms with van der Waals surface area (Å²) >= 11 is 7.68. The molecule has 4 heteroatoms. The molecule has 2 aromatic heterocycles. The Bertz CT molecular complexity index is 591. The van der Waals surface area contributed by atoms with Gasteiger partial charge in [-0.05, 0) is 72.8 Å². The summed E-state index contributed by atoms with van der Waals surface area (Å²) in [5, 5.41) is 3.68. The zero-order valence-electron chi connectivity index (χ0n) is 12.7. The summed E-state index contributed by atoms with van der Waals surface area (Å²) < 4.78 is 1.25. The predicted octanol–water partition coefficient (Wildman–Crippen LogP) is 5.85. The van der Waals surface area contributed by atoms with Crippen LogP contribution in [0.15, 0.2) is 16.6 Å². The zero-order chi connectivity index (χ0) is 14.8. The van der Waals surface area contributed by atoms with E-state index in [1.165, 1.54) is 51.2 Å². The van der Waals surface area contributed by atoms with Crippen molar-refractivity contribution < 1.29 is 0 Å². The Morgan fingerprint density at radius 3 is 2.71 bits per heavy atom. The highest BCUT2D eigenvalue weighted by Gasteiger charge is 2.22. The SMILES string of the molecule is CCNC(c1cc2c(s1)CCCCC2)c1sc(C)cc1Br. The maximum absolute atomic E-state index is 3.74. The second kappa shape index (κ2) is 6.95. The highest BCUT2D eigenvalue weighted by Crippen LogP contribution is 2.40. The number of nitrogens with one attached hydrogen (secondary N) is 1. The van der Waals surface area contributed by atoms with Crippen molar-refractivity contribution in [2.45, 2.75) is 52.0 Å². The second-order valence-corrected chi connectivity index (χ2v) is 9.03. The van der Waals surface area contributed by atoms with Crippen molar-refractivity contribution in [1.82, 2.24) is 5.32 Å². The standard InChI is InChI=1S/C17H22BrNS2/c1-3-19-16(17-13(18)9-11(2)20-17)15-10-12-7-5-4-6-8-14(12)21-15/h9-10,16,19H,3-8H2,1-2H3. The van der Waals surface area contributed by atoms with Gasteiger partial charge in [-0.2, -0.15) is 0 Å². The van der Waals surface area contributed by atoms with E-state index >= 15 is 0 Å². The Labute approximate surface area is 143 Å². The number of fused-ring (bicyclic) bond motifs is 1. The molecule has 1 nitrogen and oxygen atoms in total. The van der Waals surface area contributed by atoms with Gasteiger partial charge in [0, 0.05) is 24.0 Å². The molecule has 0 saturated heterocycles. The molecule has 2 aromatic rings. The number of aryl methyl sites for hydroxylation is 3. The van der Waals surface area contributed by atoms with E-state index in [2.05, 4.69) is 47.2 Å². The van der Waals surface area contributed by atoms with Gasteiger partial charge in [-0.25, -0.2) is 0 Å². The normalized spacial score (nSPS) is 16.5. The fourth-order valence-corrected chi connectivity index (χ4v) is 6.45. The van der Waals surface area contributed by atoms with Gasteiger partial charge in [0.05, 0.1) is 6.04 Å². The van der Waals surface area contributed by atoms with Gasteiger partial charge in [0.1, 0.15) is 0 Å². The third-order valence-electron chi connectivity index (χ3n) is 4.06. The lowest BCUT2D eigenvalue weighted by molar-refractivity contribution is 0.646.